The maximum Gasteiger partial charge on any atom is 0.143 e. The number of nitrogens with two attached hydrogens (primary N) is 1. The monoisotopic (exact) mass is 243 g/mol. The van der Waals surface area contributed by atoms with Crippen LogP contribution < -0.4 is 15.8 Å². The number of nitrogens with one attached hydrogen (secondary N) is 1. The maximum absolute atomic E-state index is 5.99. The number of benzene rings is 1. The van der Waals surface area contributed by atoms with Crippen molar-refractivity contribution in [3.8, 4) is 5.75 Å². The first-order chi connectivity index (χ1) is 8.72. The molecule has 0 aliphatic heterocycles. The third-order valence-electron chi connectivity index (χ3n) is 2.90. The molecule has 94 valence electrons. The van der Waals surface area contributed by atoms with Crippen molar-refractivity contribution in [1.82, 2.24) is 4.98 Å². The summed E-state index contributed by atoms with van der Waals surface area (Å²) in [6.45, 7) is 2.75. The number of aryl methyl sites for hydroxylation is 1. The molecule has 0 saturated heterocycles. The fraction of sp³-hybridized carbons (Fsp3) is 0.214. The van der Waals surface area contributed by atoms with Crippen molar-refractivity contribution < 1.29 is 4.74 Å². The smallest absolute Gasteiger partial charge is 0.143 e. The lowest BCUT2D eigenvalue weighted by Gasteiger charge is -2.12. The van der Waals surface area contributed by atoms with Crippen LogP contribution in [-0.2, 0) is 6.54 Å². The van der Waals surface area contributed by atoms with Crippen LogP contribution in [0.15, 0.2) is 36.7 Å². The van der Waals surface area contributed by atoms with E-state index in [1.165, 1.54) is 5.56 Å². The van der Waals surface area contributed by atoms with Gasteiger partial charge in [-0.3, -0.25) is 4.98 Å². The van der Waals surface area contributed by atoms with Crippen LogP contribution in [0.4, 0.5) is 11.4 Å². The molecule has 0 atom stereocenters. The molecular formula is C14H17N3O. The van der Waals surface area contributed by atoms with Crippen LogP contribution in [0, 0.1) is 6.92 Å². The molecule has 1 heterocycles. The first-order valence-corrected chi connectivity index (χ1v) is 5.78. The molecule has 4 nitrogen and oxygen atoms in total. The Morgan fingerprint density at radius 3 is 2.89 bits per heavy atom. The highest BCUT2D eigenvalue weighted by molar-refractivity contribution is 5.72. The largest absolute Gasteiger partial charge is 0.495 e. The Bertz CT molecular complexity index is 540. The Morgan fingerprint density at radius 2 is 2.17 bits per heavy atom. The summed E-state index contributed by atoms with van der Waals surface area (Å²) in [6.07, 6.45) is 3.65. The first-order valence-electron chi connectivity index (χ1n) is 5.78. The van der Waals surface area contributed by atoms with Crippen LogP contribution in [-0.4, -0.2) is 12.1 Å². The predicted molar refractivity (Wildman–Crippen MR) is 73.7 cm³/mol. The third kappa shape index (κ3) is 2.53. The van der Waals surface area contributed by atoms with Gasteiger partial charge in [-0.2, -0.15) is 0 Å². The molecule has 0 bridgehead atoms. The minimum atomic E-state index is 0.626. The molecule has 2 aromatic rings. The highest BCUT2D eigenvalue weighted by atomic mass is 16.5. The predicted octanol–water partition coefficient (Wildman–Crippen LogP) is 2.59. The summed E-state index contributed by atoms with van der Waals surface area (Å²) in [4.78, 5) is 4.12. The fourth-order valence-corrected chi connectivity index (χ4v) is 1.75. The molecule has 4 heteroatoms. The molecule has 0 amide bonds. The third-order valence-corrected chi connectivity index (χ3v) is 2.90. The Labute approximate surface area is 107 Å². The Hall–Kier alpha value is -2.23. The summed E-state index contributed by atoms with van der Waals surface area (Å²) < 4.78 is 5.18. The highest BCUT2D eigenvalue weighted by Gasteiger charge is 2.05. The number of methoxy groups -OCH3 is 1. The van der Waals surface area contributed by atoms with Gasteiger partial charge in [0.15, 0.2) is 0 Å². The van der Waals surface area contributed by atoms with Gasteiger partial charge in [-0.05, 0) is 36.2 Å². The summed E-state index contributed by atoms with van der Waals surface area (Å²) in [5, 5.41) is 3.30. The zero-order valence-corrected chi connectivity index (χ0v) is 10.6. The van der Waals surface area contributed by atoms with E-state index in [1.54, 1.807) is 13.3 Å². The maximum atomic E-state index is 5.99. The normalized spacial score (nSPS) is 10.1. The Morgan fingerprint density at radius 1 is 1.33 bits per heavy atom. The van der Waals surface area contributed by atoms with E-state index in [1.807, 2.05) is 30.5 Å². The van der Waals surface area contributed by atoms with E-state index < -0.39 is 0 Å². The molecule has 18 heavy (non-hydrogen) atoms. The molecule has 0 aliphatic carbocycles. The lowest BCUT2D eigenvalue weighted by molar-refractivity contribution is 0.417. The average molecular weight is 243 g/mol. The number of pyridine rings is 1. The number of hydrogen-bond donors (Lipinski definition) is 2. The van der Waals surface area contributed by atoms with Crippen LogP contribution in [0.5, 0.6) is 5.75 Å². The van der Waals surface area contributed by atoms with Crippen molar-refractivity contribution in [2.75, 3.05) is 18.2 Å². The molecule has 3 N–H and O–H groups in total. The zero-order valence-electron chi connectivity index (χ0n) is 10.6. The van der Waals surface area contributed by atoms with Crippen LogP contribution in [0.25, 0.3) is 0 Å². The van der Waals surface area contributed by atoms with E-state index in [9.17, 15) is 0 Å². The quantitative estimate of drug-likeness (QED) is 0.810. The molecule has 0 aliphatic rings. The Kier molecular flexibility index (Phi) is 3.67. The second-order valence-electron chi connectivity index (χ2n) is 4.08. The van der Waals surface area contributed by atoms with Gasteiger partial charge in [-0.1, -0.05) is 6.07 Å². The van der Waals surface area contributed by atoms with E-state index in [4.69, 9.17) is 10.5 Å². The number of nitrogens with zero attached hydrogens (tertiary/aromatic N) is 1. The number of anilines is 2. The summed E-state index contributed by atoms with van der Waals surface area (Å²) in [6, 6.07) is 7.68. The van der Waals surface area contributed by atoms with Crippen LogP contribution in [0.2, 0.25) is 0 Å². The minimum absolute atomic E-state index is 0.626. The molecule has 0 spiro atoms. The van der Waals surface area contributed by atoms with Gasteiger partial charge in [-0.15, -0.1) is 0 Å². The number of aromatic nitrogens is 1. The molecule has 1 aromatic heterocycles. The van der Waals surface area contributed by atoms with Crippen LogP contribution in [0.1, 0.15) is 11.1 Å². The van der Waals surface area contributed by atoms with Crippen LogP contribution in [0.3, 0.4) is 0 Å². The van der Waals surface area contributed by atoms with E-state index in [0.29, 0.717) is 18.0 Å². The summed E-state index contributed by atoms with van der Waals surface area (Å²) in [5.74, 6) is 0.683. The summed E-state index contributed by atoms with van der Waals surface area (Å²) in [5.41, 5.74) is 9.85. The molecule has 2 rings (SSSR count). The van der Waals surface area contributed by atoms with Gasteiger partial charge in [0.05, 0.1) is 18.5 Å². The van der Waals surface area contributed by atoms with Crippen molar-refractivity contribution in [2.24, 2.45) is 0 Å². The van der Waals surface area contributed by atoms with Gasteiger partial charge in [0.2, 0.25) is 0 Å². The van der Waals surface area contributed by atoms with E-state index in [-0.39, 0.29) is 0 Å². The number of ether oxygens (including phenoxy) is 1. The van der Waals surface area contributed by atoms with Crippen molar-refractivity contribution in [2.45, 2.75) is 13.5 Å². The SMILES string of the molecule is COc1cccc(NCc2cnccc2C)c1N. The van der Waals surface area contributed by atoms with E-state index in [2.05, 4.69) is 17.2 Å². The van der Waals surface area contributed by atoms with Gasteiger partial charge in [0, 0.05) is 18.9 Å². The van der Waals surface area contributed by atoms with Gasteiger partial charge in [-0.25, -0.2) is 0 Å². The van der Waals surface area contributed by atoms with Gasteiger partial charge in [0.25, 0.3) is 0 Å². The lowest BCUT2D eigenvalue weighted by atomic mass is 10.1. The van der Waals surface area contributed by atoms with Crippen molar-refractivity contribution in [1.29, 1.82) is 0 Å². The molecule has 1 aromatic carbocycles. The molecule has 0 unspecified atom stereocenters. The van der Waals surface area contributed by atoms with Crippen molar-refractivity contribution >= 4 is 11.4 Å². The second-order valence-corrected chi connectivity index (χ2v) is 4.08. The Balaban J connectivity index is 2.14. The molecule has 0 fully saturated rings. The fourth-order valence-electron chi connectivity index (χ4n) is 1.75. The molecule has 0 radical (unpaired) electrons. The number of hydrogen-bond acceptors (Lipinski definition) is 4. The summed E-state index contributed by atoms with van der Waals surface area (Å²) >= 11 is 0. The number of rotatable bonds is 4. The second kappa shape index (κ2) is 5.40. The van der Waals surface area contributed by atoms with Crippen molar-refractivity contribution in [3.05, 3.63) is 47.8 Å². The molecular weight excluding hydrogens is 226 g/mol. The van der Waals surface area contributed by atoms with E-state index >= 15 is 0 Å². The zero-order chi connectivity index (χ0) is 13.0. The van der Waals surface area contributed by atoms with Gasteiger partial charge in [0.1, 0.15) is 5.75 Å². The minimum Gasteiger partial charge on any atom is -0.495 e. The number of para-hydroxylation sites is 1. The topological polar surface area (TPSA) is 60.2 Å². The lowest BCUT2D eigenvalue weighted by Crippen LogP contribution is -2.05. The van der Waals surface area contributed by atoms with Crippen LogP contribution >= 0.6 is 0 Å². The highest BCUT2D eigenvalue weighted by Crippen LogP contribution is 2.29. The molecule has 0 saturated carbocycles. The standard InChI is InChI=1S/C14H17N3O/c1-10-6-7-16-8-11(10)9-17-12-4-3-5-13(18-2)14(12)15/h3-8,17H,9,15H2,1-2H3. The van der Waals surface area contributed by atoms with Gasteiger partial charge >= 0.3 is 0 Å². The van der Waals surface area contributed by atoms with Gasteiger partial charge < -0.3 is 15.8 Å². The summed E-state index contributed by atoms with van der Waals surface area (Å²) in [7, 11) is 1.61. The van der Waals surface area contributed by atoms with E-state index in [0.717, 1.165) is 11.3 Å². The van der Waals surface area contributed by atoms with Crippen molar-refractivity contribution in [3.63, 3.8) is 0 Å². The number of nitrogen functional groups attached to an aromatic ring is 1. The first kappa shape index (κ1) is 12.2. The average Bonchev–Trinajstić information content (AvgIpc) is 2.39.